The summed E-state index contributed by atoms with van der Waals surface area (Å²) in [4.78, 5) is 14.4. The van der Waals surface area contributed by atoms with Crippen LogP contribution in [0.2, 0.25) is 5.02 Å². The van der Waals surface area contributed by atoms with Crippen molar-refractivity contribution in [3.63, 3.8) is 0 Å². The SMILES string of the molecule is NS(=O)(=O)c1ccc(Cl)c(NC(=O)c2ccc[nH]2)c1. The van der Waals surface area contributed by atoms with Gasteiger partial charge in [-0.15, -0.1) is 0 Å². The van der Waals surface area contributed by atoms with E-state index in [4.69, 9.17) is 16.7 Å². The molecule has 1 aromatic carbocycles. The van der Waals surface area contributed by atoms with Crippen LogP contribution in [-0.2, 0) is 10.0 Å². The Bertz CT molecular complexity index is 711. The fourth-order valence-electron chi connectivity index (χ4n) is 1.44. The molecule has 0 atom stereocenters. The quantitative estimate of drug-likeness (QED) is 0.801. The van der Waals surface area contributed by atoms with Crippen molar-refractivity contribution in [1.29, 1.82) is 0 Å². The predicted octanol–water partition coefficient (Wildman–Crippen LogP) is 1.57. The van der Waals surface area contributed by atoms with Crippen LogP contribution in [0.5, 0.6) is 0 Å². The number of amides is 1. The Balaban J connectivity index is 2.32. The maximum absolute atomic E-state index is 11.8. The van der Waals surface area contributed by atoms with Crippen LogP contribution in [0.15, 0.2) is 41.4 Å². The number of carbonyl (C=O) groups is 1. The summed E-state index contributed by atoms with van der Waals surface area (Å²) in [5, 5.41) is 7.73. The van der Waals surface area contributed by atoms with Crippen molar-refractivity contribution in [3.05, 3.63) is 47.2 Å². The largest absolute Gasteiger partial charge is 0.357 e. The topological polar surface area (TPSA) is 105 Å². The van der Waals surface area contributed by atoms with Crippen molar-refractivity contribution in [3.8, 4) is 0 Å². The smallest absolute Gasteiger partial charge is 0.272 e. The van der Waals surface area contributed by atoms with E-state index in [9.17, 15) is 13.2 Å². The molecular weight excluding hydrogens is 290 g/mol. The lowest BCUT2D eigenvalue weighted by Gasteiger charge is -2.08. The normalized spacial score (nSPS) is 11.3. The number of aromatic amines is 1. The highest BCUT2D eigenvalue weighted by Gasteiger charge is 2.13. The van der Waals surface area contributed by atoms with Gasteiger partial charge in [-0.1, -0.05) is 11.6 Å². The van der Waals surface area contributed by atoms with Crippen molar-refractivity contribution in [2.75, 3.05) is 5.32 Å². The van der Waals surface area contributed by atoms with E-state index < -0.39 is 15.9 Å². The molecule has 0 unspecified atom stereocenters. The minimum Gasteiger partial charge on any atom is -0.357 e. The van der Waals surface area contributed by atoms with Gasteiger partial charge in [0.1, 0.15) is 5.69 Å². The number of benzene rings is 1. The molecule has 0 aliphatic rings. The van der Waals surface area contributed by atoms with Gasteiger partial charge in [0.05, 0.1) is 15.6 Å². The van der Waals surface area contributed by atoms with Gasteiger partial charge >= 0.3 is 0 Å². The number of H-pyrrole nitrogens is 1. The van der Waals surface area contributed by atoms with E-state index in [0.29, 0.717) is 5.69 Å². The monoisotopic (exact) mass is 299 g/mol. The molecule has 0 radical (unpaired) electrons. The third kappa shape index (κ3) is 3.14. The molecule has 1 heterocycles. The van der Waals surface area contributed by atoms with Crippen molar-refractivity contribution >= 4 is 33.2 Å². The second-order valence-corrected chi connectivity index (χ2v) is 5.69. The lowest BCUT2D eigenvalue weighted by atomic mass is 10.3. The van der Waals surface area contributed by atoms with Crippen LogP contribution < -0.4 is 10.5 Å². The van der Waals surface area contributed by atoms with Crippen LogP contribution in [0.4, 0.5) is 5.69 Å². The van der Waals surface area contributed by atoms with Crippen molar-refractivity contribution in [1.82, 2.24) is 4.98 Å². The molecule has 0 aliphatic heterocycles. The summed E-state index contributed by atoms with van der Waals surface area (Å²) in [6.45, 7) is 0. The molecule has 1 amide bonds. The number of primary sulfonamides is 1. The van der Waals surface area contributed by atoms with Gasteiger partial charge in [0.25, 0.3) is 5.91 Å². The van der Waals surface area contributed by atoms with Crippen LogP contribution in [-0.4, -0.2) is 19.3 Å². The second kappa shape index (κ2) is 5.04. The summed E-state index contributed by atoms with van der Waals surface area (Å²) in [5.41, 5.74) is 0.505. The summed E-state index contributed by atoms with van der Waals surface area (Å²) in [6, 6.07) is 7.07. The summed E-state index contributed by atoms with van der Waals surface area (Å²) in [6.07, 6.45) is 1.59. The molecule has 0 saturated heterocycles. The Kier molecular flexibility index (Phi) is 3.61. The Morgan fingerprint density at radius 2 is 2.05 bits per heavy atom. The number of nitrogens with two attached hydrogens (primary N) is 1. The molecule has 4 N–H and O–H groups in total. The average molecular weight is 300 g/mol. The van der Waals surface area contributed by atoms with Gasteiger partial charge in [-0.25, -0.2) is 13.6 Å². The van der Waals surface area contributed by atoms with E-state index >= 15 is 0 Å². The minimum absolute atomic E-state index is 0.126. The molecule has 0 saturated carbocycles. The summed E-state index contributed by atoms with van der Waals surface area (Å²) in [5.74, 6) is -0.432. The summed E-state index contributed by atoms with van der Waals surface area (Å²) in [7, 11) is -3.85. The molecule has 19 heavy (non-hydrogen) atoms. The van der Waals surface area contributed by atoms with Gasteiger partial charge in [-0.2, -0.15) is 0 Å². The molecule has 0 aliphatic carbocycles. The highest BCUT2D eigenvalue weighted by Crippen LogP contribution is 2.25. The molecular formula is C11H10ClN3O3S. The summed E-state index contributed by atoms with van der Waals surface area (Å²) < 4.78 is 22.5. The fraction of sp³-hybridized carbons (Fsp3) is 0. The third-order valence-corrected chi connectivity index (χ3v) is 3.60. The zero-order valence-electron chi connectivity index (χ0n) is 9.55. The van der Waals surface area contributed by atoms with Gasteiger partial charge in [0.2, 0.25) is 10.0 Å². The number of sulfonamides is 1. The average Bonchev–Trinajstić information content (AvgIpc) is 2.84. The number of nitrogens with one attached hydrogen (secondary N) is 2. The second-order valence-electron chi connectivity index (χ2n) is 3.72. The molecule has 6 nitrogen and oxygen atoms in total. The molecule has 8 heteroatoms. The molecule has 2 rings (SSSR count). The predicted molar refractivity (Wildman–Crippen MR) is 71.6 cm³/mol. The van der Waals surface area contributed by atoms with Crippen LogP contribution in [0.25, 0.3) is 0 Å². The van der Waals surface area contributed by atoms with E-state index in [1.54, 1.807) is 18.3 Å². The van der Waals surface area contributed by atoms with Gasteiger partial charge < -0.3 is 10.3 Å². The first-order valence-corrected chi connectivity index (χ1v) is 7.07. The minimum atomic E-state index is -3.85. The number of rotatable bonds is 3. The first kappa shape index (κ1) is 13.6. The molecule has 100 valence electrons. The van der Waals surface area contributed by atoms with Crippen LogP contribution in [0, 0.1) is 0 Å². The fourth-order valence-corrected chi connectivity index (χ4v) is 2.14. The maximum atomic E-state index is 11.8. The van der Waals surface area contributed by atoms with Crippen molar-refractivity contribution in [2.24, 2.45) is 5.14 Å². The van der Waals surface area contributed by atoms with E-state index in [1.807, 2.05) is 0 Å². The summed E-state index contributed by atoms with van der Waals surface area (Å²) >= 11 is 5.89. The van der Waals surface area contributed by atoms with E-state index in [-0.39, 0.29) is 15.6 Å². The standard InChI is InChI=1S/C11H10ClN3O3S/c12-8-4-3-7(19(13,17)18)6-10(8)15-11(16)9-2-1-5-14-9/h1-6,14H,(H,15,16)(H2,13,17,18). The highest BCUT2D eigenvalue weighted by atomic mass is 35.5. The Labute approximate surface area is 114 Å². The molecule has 2 aromatic rings. The lowest BCUT2D eigenvalue weighted by molar-refractivity contribution is 0.102. The zero-order valence-corrected chi connectivity index (χ0v) is 11.1. The number of hydrogen-bond donors (Lipinski definition) is 3. The van der Waals surface area contributed by atoms with Crippen LogP contribution in [0.1, 0.15) is 10.5 Å². The van der Waals surface area contributed by atoms with Gasteiger partial charge in [0.15, 0.2) is 0 Å². The van der Waals surface area contributed by atoms with Gasteiger partial charge in [0, 0.05) is 6.20 Å². The lowest BCUT2D eigenvalue weighted by Crippen LogP contribution is -2.15. The highest BCUT2D eigenvalue weighted by molar-refractivity contribution is 7.89. The Hall–Kier alpha value is -1.83. The first-order chi connectivity index (χ1) is 8.88. The van der Waals surface area contributed by atoms with E-state index in [1.165, 1.54) is 18.2 Å². The van der Waals surface area contributed by atoms with Gasteiger partial charge in [-0.05, 0) is 30.3 Å². The van der Waals surface area contributed by atoms with E-state index in [2.05, 4.69) is 10.3 Å². The zero-order chi connectivity index (χ0) is 14.0. The number of carbonyl (C=O) groups excluding carboxylic acids is 1. The third-order valence-electron chi connectivity index (χ3n) is 2.36. The molecule has 0 fully saturated rings. The van der Waals surface area contributed by atoms with Crippen LogP contribution >= 0.6 is 11.6 Å². The molecule has 0 bridgehead atoms. The Morgan fingerprint density at radius 3 is 2.63 bits per heavy atom. The van der Waals surface area contributed by atoms with E-state index in [0.717, 1.165) is 0 Å². The number of aromatic nitrogens is 1. The number of hydrogen-bond acceptors (Lipinski definition) is 3. The molecule has 0 spiro atoms. The Morgan fingerprint density at radius 1 is 1.32 bits per heavy atom. The van der Waals surface area contributed by atoms with Crippen molar-refractivity contribution < 1.29 is 13.2 Å². The molecule has 1 aromatic heterocycles. The number of anilines is 1. The van der Waals surface area contributed by atoms with Crippen molar-refractivity contribution in [2.45, 2.75) is 4.90 Å². The van der Waals surface area contributed by atoms with Crippen LogP contribution in [0.3, 0.4) is 0 Å². The van der Waals surface area contributed by atoms with Gasteiger partial charge in [-0.3, -0.25) is 4.79 Å². The first-order valence-electron chi connectivity index (χ1n) is 5.15. The number of halogens is 1. The maximum Gasteiger partial charge on any atom is 0.272 e.